The molecule has 2 aromatic carbocycles. The lowest BCUT2D eigenvalue weighted by molar-refractivity contribution is -0.0000150. The highest BCUT2D eigenvalue weighted by Gasteiger charge is 2.23. The molecule has 1 aromatic heterocycles. The number of piperazine rings is 1. The SMILES string of the molecule is COc1ccccc1N1CCN(CCN(C(=O)c2ccc(F)cc2)c2ccccn2)CC1.[Cl-]. The summed E-state index contributed by atoms with van der Waals surface area (Å²) in [6.07, 6.45) is 1.67. The Morgan fingerprint density at radius 1 is 1.00 bits per heavy atom. The van der Waals surface area contributed by atoms with Crippen LogP contribution in [0.2, 0.25) is 0 Å². The zero-order valence-corrected chi connectivity index (χ0v) is 19.3. The summed E-state index contributed by atoms with van der Waals surface area (Å²) in [6, 6.07) is 19.2. The Bertz CT molecular complexity index is 1030. The van der Waals surface area contributed by atoms with Gasteiger partial charge in [0.1, 0.15) is 17.4 Å². The number of hydrogen-bond acceptors (Lipinski definition) is 5. The van der Waals surface area contributed by atoms with Gasteiger partial charge in [-0.1, -0.05) is 18.2 Å². The molecule has 6 nitrogen and oxygen atoms in total. The van der Waals surface area contributed by atoms with Gasteiger partial charge in [0.25, 0.3) is 5.91 Å². The van der Waals surface area contributed by atoms with Crippen LogP contribution < -0.4 is 26.9 Å². The molecule has 8 heteroatoms. The molecule has 0 bridgehead atoms. The summed E-state index contributed by atoms with van der Waals surface area (Å²) in [4.78, 5) is 23.9. The second kappa shape index (κ2) is 11.6. The molecule has 0 N–H and O–H groups in total. The number of para-hydroxylation sites is 2. The molecule has 2 heterocycles. The molecule has 0 saturated carbocycles. The lowest BCUT2D eigenvalue weighted by Crippen LogP contribution is -3.00. The fraction of sp³-hybridized carbons (Fsp3) is 0.280. The molecule has 0 spiro atoms. The molecule has 0 aliphatic carbocycles. The van der Waals surface area contributed by atoms with Crippen LogP contribution in [0, 0.1) is 5.82 Å². The van der Waals surface area contributed by atoms with E-state index in [1.165, 1.54) is 24.3 Å². The van der Waals surface area contributed by atoms with Gasteiger partial charge in [-0.05, 0) is 48.5 Å². The van der Waals surface area contributed by atoms with E-state index >= 15 is 0 Å². The molecule has 1 amide bonds. The smallest absolute Gasteiger partial charge is 0.259 e. The largest absolute Gasteiger partial charge is 1.00 e. The first-order chi connectivity index (χ1) is 15.7. The van der Waals surface area contributed by atoms with Crippen molar-refractivity contribution in [2.24, 2.45) is 0 Å². The number of halogens is 2. The van der Waals surface area contributed by atoms with E-state index in [0.717, 1.165) is 44.2 Å². The Morgan fingerprint density at radius 3 is 2.36 bits per heavy atom. The second-order valence-corrected chi connectivity index (χ2v) is 7.65. The first kappa shape index (κ1) is 24.5. The van der Waals surface area contributed by atoms with Gasteiger partial charge in [0.05, 0.1) is 12.8 Å². The number of pyridine rings is 1. The van der Waals surface area contributed by atoms with Crippen molar-refractivity contribution in [1.82, 2.24) is 9.88 Å². The van der Waals surface area contributed by atoms with E-state index in [4.69, 9.17) is 4.74 Å². The van der Waals surface area contributed by atoms with Crippen molar-refractivity contribution < 1.29 is 26.3 Å². The number of benzene rings is 2. The van der Waals surface area contributed by atoms with Crippen LogP contribution in [-0.2, 0) is 0 Å². The number of ether oxygens (including phenoxy) is 1. The van der Waals surface area contributed by atoms with E-state index in [1.54, 1.807) is 18.2 Å². The minimum Gasteiger partial charge on any atom is -1.00 e. The van der Waals surface area contributed by atoms with Crippen LogP contribution in [0.5, 0.6) is 5.75 Å². The van der Waals surface area contributed by atoms with Gasteiger partial charge in [0, 0.05) is 51.0 Å². The molecule has 1 fully saturated rings. The molecule has 0 atom stereocenters. The van der Waals surface area contributed by atoms with Gasteiger partial charge in [-0.3, -0.25) is 14.6 Å². The van der Waals surface area contributed by atoms with Gasteiger partial charge in [0.2, 0.25) is 0 Å². The molecule has 1 aliphatic heterocycles. The van der Waals surface area contributed by atoms with E-state index in [1.807, 2.05) is 36.4 Å². The first-order valence-electron chi connectivity index (χ1n) is 10.7. The Kier molecular flexibility index (Phi) is 8.63. The zero-order chi connectivity index (χ0) is 22.3. The fourth-order valence-corrected chi connectivity index (χ4v) is 3.93. The third-order valence-corrected chi connectivity index (χ3v) is 5.70. The number of anilines is 2. The van der Waals surface area contributed by atoms with Gasteiger partial charge in [-0.2, -0.15) is 0 Å². The maximum Gasteiger partial charge on any atom is 0.259 e. The monoisotopic (exact) mass is 469 g/mol. The average molecular weight is 470 g/mol. The van der Waals surface area contributed by atoms with Gasteiger partial charge in [-0.15, -0.1) is 0 Å². The number of hydrogen-bond donors (Lipinski definition) is 0. The zero-order valence-electron chi connectivity index (χ0n) is 18.5. The predicted molar refractivity (Wildman–Crippen MR) is 124 cm³/mol. The van der Waals surface area contributed by atoms with Gasteiger partial charge >= 0.3 is 0 Å². The molecular weight excluding hydrogens is 443 g/mol. The van der Waals surface area contributed by atoms with E-state index in [0.29, 0.717) is 17.9 Å². The van der Waals surface area contributed by atoms with E-state index in [2.05, 4.69) is 20.9 Å². The number of aromatic nitrogens is 1. The third kappa shape index (κ3) is 6.00. The number of rotatable bonds is 7. The Balaban J connectivity index is 0.00000306. The van der Waals surface area contributed by atoms with Crippen molar-refractivity contribution >= 4 is 17.4 Å². The molecule has 3 aromatic rings. The molecule has 1 saturated heterocycles. The highest BCUT2D eigenvalue weighted by molar-refractivity contribution is 6.05. The second-order valence-electron chi connectivity index (χ2n) is 7.65. The summed E-state index contributed by atoms with van der Waals surface area (Å²) in [5, 5.41) is 0. The van der Waals surface area contributed by atoms with Crippen LogP contribution in [-0.4, -0.2) is 62.2 Å². The van der Waals surface area contributed by atoms with Crippen LogP contribution in [0.4, 0.5) is 15.9 Å². The van der Waals surface area contributed by atoms with Crippen molar-refractivity contribution in [2.75, 3.05) is 56.2 Å². The number of carbonyl (C=O) groups excluding carboxylic acids is 1. The maximum absolute atomic E-state index is 13.3. The number of nitrogens with zero attached hydrogens (tertiary/aromatic N) is 4. The molecule has 33 heavy (non-hydrogen) atoms. The third-order valence-electron chi connectivity index (χ3n) is 5.70. The quantitative estimate of drug-likeness (QED) is 0.510. The fourth-order valence-electron chi connectivity index (χ4n) is 3.93. The Labute approximate surface area is 200 Å². The first-order valence-corrected chi connectivity index (χ1v) is 10.7. The highest BCUT2D eigenvalue weighted by atomic mass is 35.5. The van der Waals surface area contributed by atoms with E-state index in [9.17, 15) is 9.18 Å². The topological polar surface area (TPSA) is 48.9 Å². The van der Waals surface area contributed by atoms with Crippen molar-refractivity contribution in [3.63, 3.8) is 0 Å². The van der Waals surface area contributed by atoms with Crippen LogP contribution in [0.25, 0.3) is 0 Å². The molecule has 4 rings (SSSR count). The molecule has 0 unspecified atom stereocenters. The summed E-state index contributed by atoms with van der Waals surface area (Å²) < 4.78 is 18.8. The lowest BCUT2D eigenvalue weighted by Gasteiger charge is -2.37. The van der Waals surface area contributed by atoms with Gasteiger partial charge in [0.15, 0.2) is 0 Å². The van der Waals surface area contributed by atoms with Crippen molar-refractivity contribution in [3.8, 4) is 5.75 Å². The summed E-state index contributed by atoms with van der Waals surface area (Å²) >= 11 is 0. The van der Waals surface area contributed by atoms with E-state index < -0.39 is 0 Å². The van der Waals surface area contributed by atoms with Crippen molar-refractivity contribution in [2.45, 2.75) is 0 Å². The average Bonchev–Trinajstić information content (AvgIpc) is 2.85. The number of methoxy groups -OCH3 is 1. The van der Waals surface area contributed by atoms with Crippen LogP contribution in [0.15, 0.2) is 72.9 Å². The van der Waals surface area contributed by atoms with E-state index in [-0.39, 0.29) is 24.1 Å². The normalized spacial score (nSPS) is 13.8. The minimum absolute atomic E-state index is 0. The number of carbonyl (C=O) groups is 1. The van der Waals surface area contributed by atoms with Gasteiger partial charge < -0.3 is 22.0 Å². The molecular formula is C25H27ClFN4O2-. The molecule has 1 aliphatic rings. The Morgan fingerprint density at radius 2 is 1.70 bits per heavy atom. The Hall–Kier alpha value is -3.16. The maximum atomic E-state index is 13.3. The standard InChI is InChI=1S/C25H27FN4O2.ClH/c1-32-23-7-3-2-6-22(23)29-17-14-28(15-18-29)16-19-30(24-8-4-5-13-27-24)25(31)20-9-11-21(26)12-10-20;/h2-13H,14-19H2,1H3;1H/p-1. The highest BCUT2D eigenvalue weighted by Crippen LogP contribution is 2.28. The summed E-state index contributed by atoms with van der Waals surface area (Å²) in [7, 11) is 1.69. The number of amides is 1. The summed E-state index contributed by atoms with van der Waals surface area (Å²) in [6.45, 7) is 4.77. The van der Waals surface area contributed by atoms with Crippen LogP contribution in [0.3, 0.4) is 0 Å². The predicted octanol–water partition coefficient (Wildman–Crippen LogP) is 0.702. The minimum atomic E-state index is -0.362. The lowest BCUT2D eigenvalue weighted by atomic mass is 10.2. The van der Waals surface area contributed by atoms with Crippen molar-refractivity contribution in [1.29, 1.82) is 0 Å². The van der Waals surface area contributed by atoms with Gasteiger partial charge in [-0.25, -0.2) is 9.37 Å². The summed E-state index contributed by atoms with van der Waals surface area (Å²) in [5.41, 5.74) is 1.55. The summed E-state index contributed by atoms with van der Waals surface area (Å²) in [5.74, 6) is 0.928. The van der Waals surface area contributed by atoms with Crippen molar-refractivity contribution in [3.05, 3.63) is 84.3 Å². The molecule has 174 valence electrons. The molecule has 0 radical (unpaired) electrons. The van der Waals surface area contributed by atoms with Crippen LogP contribution in [0.1, 0.15) is 10.4 Å². The van der Waals surface area contributed by atoms with Crippen LogP contribution >= 0.6 is 0 Å².